The summed E-state index contributed by atoms with van der Waals surface area (Å²) in [5.41, 5.74) is 1.28. The van der Waals surface area contributed by atoms with Crippen LogP contribution in [0.15, 0.2) is 35.7 Å². The van der Waals surface area contributed by atoms with Gasteiger partial charge in [0.05, 0.1) is 36.7 Å². The normalized spacial score (nSPS) is 22.4. The highest BCUT2D eigenvalue weighted by atomic mass is 32.2. The van der Waals surface area contributed by atoms with Crippen molar-refractivity contribution in [1.29, 1.82) is 0 Å². The molecule has 0 fully saturated rings. The number of hydrogen-bond acceptors (Lipinski definition) is 8. The van der Waals surface area contributed by atoms with Crippen molar-refractivity contribution in [3.63, 3.8) is 0 Å². The smallest absolute Gasteiger partial charge is 0.261 e. The number of rotatable bonds is 7. The van der Waals surface area contributed by atoms with Crippen molar-refractivity contribution < 1.29 is 27.8 Å². The zero-order chi connectivity index (χ0) is 29.6. The van der Waals surface area contributed by atoms with Gasteiger partial charge in [-0.25, -0.2) is 13.4 Å². The minimum absolute atomic E-state index is 0.0287. The summed E-state index contributed by atoms with van der Waals surface area (Å²) in [6.07, 6.45) is 4.73. The Morgan fingerprint density at radius 2 is 1.93 bits per heavy atom. The number of anilines is 1. The van der Waals surface area contributed by atoms with E-state index in [1.54, 1.807) is 23.4 Å². The third-order valence-electron chi connectivity index (χ3n) is 7.34. The molecule has 3 rings (SSSR count). The lowest BCUT2D eigenvalue weighted by molar-refractivity contribution is -0.00835. The van der Waals surface area contributed by atoms with Crippen LogP contribution in [-0.2, 0) is 21.8 Å². The number of sulfonamides is 1. The summed E-state index contributed by atoms with van der Waals surface area (Å²) < 4.78 is 41.8. The highest BCUT2D eigenvalue weighted by Crippen LogP contribution is 2.29. The number of aromatic nitrogens is 2. The number of imidazole rings is 1. The van der Waals surface area contributed by atoms with Gasteiger partial charge in [-0.1, -0.05) is 6.92 Å². The first-order valence-electron chi connectivity index (χ1n) is 13.8. The van der Waals surface area contributed by atoms with Crippen molar-refractivity contribution >= 4 is 21.6 Å². The Bertz CT molecular complexity index is 1230. The maximum absolute atomic E-state index is 14.1. The first-order chi connectivity index (χ1) is 18.8. The van der Waals surface area contributed by atoms with Crippen LogP contribution in [0.4, 0.5) is 5.69 Å². The Morgan fingerprint density at radius 1 is 1.20 bits per heavy atom. The fraction of sp³-hybridized carbons (Fsp3) is 0.643. The zero-order valence-corrected chi connectivity index (χ0v) is 25.6. The Kier molecular flexibility index (Phi) is 11.0. The van der Waals surface area contributed by atoms with Crippen molar-refractivity contribution in [3.05, 3.63) is 36.3 Å². The summed E-state index contributed by atoms with van der Waals surface area (Å²) in [6, 6.07) is 5.09. The number of carbonyl (C=O) groups excluding carboxylic acids is 1. The van der Waals surface area contributed by atoms with Crippen LogP contribution in [0, 0.1) is 5.92 Å². The Balaban J connectivity index is 1.96. The zero-order valence-electron chi connectivity index (χ0n) is 24.8. The molecule has 40 heavy (non-hydrogen) atoms. The molecule has 2 aromatic rings. The average Bonchev–Trinajstić information content (AvgIpc) is 3.36. The van der Waals surface area contributed by atoms with Crippen molar-refractivity contribution in [3.8, 4) is 5.75 Å². The molecule has 11 nitrogen and oxygen atoms in total. The molecule has 1 amide bonds. The standard InChI is InChI=1S/C28H45N5O6S/c1-20-15-33(21(2)18-34)28(35)24-14-23(30(4)5)11-12-25(24)39-22(3)10-8-9-13-38-26(20)16-32(7)40(36,37)27-17-31(6)19-29-27/h11-12,14,17,19-22,26,34H,8-10,13,15-16,18H2,1-7H3/t20-,21-,22-,26+/m1/s1. The highest BCUT2D eigenvalue weighted by Gasteiger charge is 2.33. The van der Waals surface area contributed by atoms with E-state index in [0.29, 0.717) is 17.9 Å². The number of fused-ring (bicyclic) bond motifs is 1. The maximum Gasteiger partial charge on any atom is 0.261 e. The van der Waals surface area contributed by atoms with Crippen molar-refractivity contribution in [2.24, 2.45) is 13.0 Å². The summed E-state index contributed by atoms with van der Waals surface area (Å²) >= 11 is 0. The Morgan fingerprint density at radius 3 is 2.55 bits per heavy atom. The van der Waals surface area contributed by atoms with Crippen LogP contribution in [0.1, 0.15) is 50.4 Å². The van der Waals surface area contributed by atoms with Gasteiger partial charge in [0.25, 0.3) is 15.9 Å². The fourth-order valence-electron chi connectivity index (χ4n) is 4.68. The number of likely N-dealkylation sites (N-methyl/N-ethyl adjacent to an activating group) is 1. The molecular formula is C28H45N5O6S. The molecule has 0 aliphatic carbocycles. The van der Waals surface area contributed by atoms with E-state index in [1.807, 2.05) is 51.0 Å². The van der Waals surface area contributed by atoms with Crippen molar-refractivity contribution in [1.82, 2.24) is 18.8 Å². The van der Waals surface area contributed by atoms with Gasteiger partial charge in [0, 0.05) is 65.7 Å². The predicted octanol–water partition coefficient (Wildman–Crippen LogP) is 2.60. The van der Waals surface area contributed by atoms with E-state index in [0.717, 1.165) is 24.9 Å². The molecule has 0 spiro atoms. The monoisotopic (exact) mass is 579 g/mol. The van der Waals surface area contributed by atoms with Gasteiger partial charge in [-0.05, 0) is 51.3 Å². The number of ether oxygens (including phenoxy) is 2. The van der Waals surface area contributed by atoms with E-state index >= 15 is 0 Å². The Labute approximate surface area is 238 Å². The molecule has 0 unspecified atom stereocenters. The molecule has 1 aliphatic heterocycles. The quantitative estimate of drug-likeness (QED) is 0.532. The summed E-state index contributed by atoms with van der Waals surface area (Å²) in [4.78, 5) is 21.6. The van der Waals surface area contributed by atoms with Crippen LogP contribution in [0.5, 0.6) is 5.75 Å². The van der Waals surface area contributed by atoms with Crippen LogP contribution >= 0.6 is 0 Å². The Hall–Kier alpha value is -2.67. The number of aliphatic hydroxyl groups is 1. The van der Waals surface area contributed by atoms with E-state index < -0.39 is 22.2 Å². The first kappa shape index (κ1) is 31.9. The third-order valence-corrected chi connectivity index (χ3v) is 9.05. The minimum Gasteiger partial charge on any atom is -0.490 e. The topological polar surface area (TPSA) is 117 Å². The van der Waals surface area contributed by atoms with E-state index in [4.69, 9.17) is 9.47 Å². The maximum atomic E-state index is 14.1. The molecule has 0 radical (unpaired) electrons. The lowest BCUT2D eigenvalue weighted by Gasteiger charge is -2.35. The van der Waals surface area contributed by atoms with Crippen LogP contribution in [0.2, 0.25) is 0 Å². The van der Waals surface area contributed by atoms with E-state index in [2.05, 4.69) is 4.98 Å². The molecule has 4 atom stereocenters. The van der Waals surface area contributed by atoms with Crippen LogP contribution in [0.25, 0.3) is 0 Å². The van der Waals surface area contributed by atoms with E-state index in [-0.39, 0.29) is 42.7 Å². The van der Waals surface area contributed by atoms with Gasteiger partial charge < -0.3 is 28.9 Å². The number of hydrogen-bond donors (Lipinski definition) is 1. The molecule has 0 saturated carbocycles. The van der Waals surface area contributed by atoms with Gasteiger partial charge in [-0.15, -0.1) is 0 Å². The average molecular weight is 580 g/mol. The molecule has 1 aromatic heterocycles. The van der Waals surface area contributed by atoms with E-state index in [1.165, 1.54) is 23.9 Å². The second-order valence-electron chi connectivity index (χ2n) is 11.0. The predicted molar refractivity (Wildman–Crippen MR) is 154 cm³/mol. The molecule has 0 saturated heterocycles. The SMILES string of the molecule is C[C@@H]1CCCCO[C@@H](CN(C)S(=O)(=O)c2cn(C)cn2)[C@H](C)CN([C@H](C)CO)C(=O)c2cc(N(C)C)ccc2O1. The van der Waals surface area contributed by atoms with Gasteiger partial charge >= 0.3 is 0 Å². The molecule has 1 N–H and O–H groups in total. The van der Waals surface area contributed by atoms with Crippen molar-refractivity contribution in [2.75, 3.05) is 52.3 Å². The third kappa shape index (κ3) is 7.74. The number of nitrogens with zero attached hydrogens (tertiary/aromatic N) is 5. The number of benzene rings is 1. The van der Waals surface area contributed by atoms with Gasteiger partial charge in [-0.3, -0.25) is 4.79 Å². The molecule has 2 heterocycles. The highest BCUT2D eigenvalue weighted by molar-refractivity contribution is 7.89. The van der Waals surface area contributed by atoms with Crippen LogP contribution in [-0.4, -0.2) is 104 Å². The largest absolute Gasteiger partial charge is 0.490 e. The van der Waals surface area contributed by atoms with Crippen LogP contribution in [0.3, 0.4) is 0 Å². The summed E-state index contributed by atoms with van der Waals surface area (Å²) in [5, 5.41) is 10.1. The van der Waals surface area contributed by atoms with Gasteiger partial charge in [0.1, 0.15) is 5.75 Å². The lowest BCUT2D eigenvalue weighted by Crippen LogP contribution is -2.48. The van der Waals surface area contributed by atoms with Gasteiger partial charge in [0.2, 0.25) is 0 Å². The number of carbonyl (C=O) groups is 1. The molecule has 1 aliphatic rings. The second-order valence-corrected chi connectivity index (χ2v) is 13.0. The summed E-state index contributed by atoms with van der Waals surface area (Å²) in [6.45, 7) is 6.29. The number of aliphatic hydroxyl groups excluding tert-OH is 1. The van der Waals surface area contributed by atoms with E-state index in [9.17, 15) is 18.3 Å². The summed E-state index contributed by atoms with van der Waals surface area (Å²) in [5.74, 6) is 0.00380. The van der Waals surface area contributed by atoms with Crippen LogP contribution < -0.4 is 9.64 Å². The second kappa shape index (κ2) is 13.8. The molecule has 12 heteroatoms. The molecule has 1 aromatic carbocycles. The fourth-order valence-corrected chi connectivity index (χ4v) is 5.83. The van der Waals surface area contributed by atoms with Crippen molar-refractivity contribution in [2.45, 2.75) is 63.3 Å². The van der Waals surface area contributed by atoms with Gasteiger partial charge in [-0.2, -0.15) is 4.31 Å². The molecule has 224 valence electrons. The number of amides is 1. The summed E-state index contributed by atoms with van der Waals surface area (Å²) in [7, 11) is 3.22. The first-order valence-corrected chi connectivity index (χ1v) is 15.2. The molecule has 0 bridgehead atoms. The minimum atomic E-state index is -3.83. The molecular weight excluding hydrogens is 534 g/mol. The van der Waals surface area contributed by atoms with Gasteiger partial charge in [0.15, 0.2) is 5.03 Å². The number of aryl methyl sites for hydroxylation is 1. The lowest BCUT2D eigenvalue weighted by atomic mass is 10.0.